The fourth-order valence-electron chi connectivity index (χ4n) is 2.35. The van der Waals surface area contributed by atoms with Crippen LogP contribution in [-0.4, -0.2) is 48.6 Å². The molecule has 84 valence electrons. The second-order valence-electron chi connectivity index (χ2n) is 4.81. The Morgan fingerprint density at radius 2 is 2.07 bits per heavy atom. The van der Waals surface area contributed by atoms with Crippen LogP contribution in [0.3, 0.4) is 0 Å². The van der Waals surface area contributed by atoms with E-state index in [0.717, 1.165) is 6.04 Å². The van der Waals surface area contributed by atoms with Crippen LogP contribution in [0.5, 0.6) is 0 Å². The molecule has 1 fully saturated rings. The smallest absolute Gasteiger partial charge is 0.0220 e. The van der Waals surface area contributed by atoms with E-state index in [9.17, 15) is 0 Å². The first-order chi connectivity index (χ1) is 6.65. The summed E-state index contributed by atoms with van der Waals surface area (Å²) in [7, 11) is 2.28. The lowest BCUT2D eigenvalue weighted by molar-refractivity contribution is 0.115. The van der Waals surface area contributed by atoms with Crippen LogP contribution in [0.25, 0.3) is 0 Å². The van der Waals surface area contributed by atoms with E-state index in [1.54, 1.807) is 0 Å². The summed E-state index contributed by atoms with van der Waals surface area (Å²) >= 11 is 0. The van der Waals surface area contributed by atoms with Crippen LogP contribution in [-0.2, 0) is 0 Å². The molecule has 0 aromatic rings. The van der Waals surface area contributed by atoms with Gasteiger partial charge in [-0.1, -0.05) is 13.3 Å². The molecule has 1 rings (SSSR count). The van der Waals surface area contributed by atoms with Crippen LogP contribution in [0.4, 0.5) is 0 Å². The predicted octanol–water partition coefficient (Wildman–Crippen LogP) is 2.20. The predicted molar refractivity (Wildman–Crippen MR) is 62.7 cm³/mol. The van der Waals surface area contributed by atoms with Crippen LogP contribution in [0.2, 0.25) is 0 Å². The lowest BCUT2D eigenvalue weighted by atomic mass is 10.0. The maximum Gasteiger partial charge on any atom is 0.0220 e. The minimum atomic E-state index is 0.690. The van der Waals surface area contributed by atoms with Crippen molar-refractivity contribution in [1.82, 2.24) is 9.80 Å². The van der Waals surface area contributed by atoms with Gasteiger partial charge in [-0.15, -0.1) is 0 Å². The zero-order valence-corrected chi connectivity index (χ0v) is 10.3. The Hall–Kier alpha value is -0.0800. The first-order valence-electron chi connectivity index (χ1n) is 6.09. The van der Waals surface area contributed by atoms with E-state index in [-0.39, 0.29) is 0 Å². The van der Waals surface area contributed by atoms with Crippen LogP contribution in [0, 0.1) is 0 Å². The summed E-state index contributed by atoms with van der Waals surface area (Å²) in [6.45, 7) is 10.6. The summed E-state index contributed by atoms with van der Waals surface area (Å²) < 4.78 is 0. The Morgan fingerprint density at radius 3 is 2.57 bits per heavy atom. The largest absolute Gasteiger partial charge is 0.302 e. The molecule has 0 saturated carbocycles. The van der Waals surface area contributed by atoms with Crippen LogP contribution >= 0.6 is 0 Å². The number of hydrogen-bond donors (Lipinski definition) is 0. The molecule has 0 bridgehead atoms. The summed E-state index contributed by atoms with van der Waals surface area (Å²) in [5, 5.41) is 0. The van der Waals surface area contributed by atoms with Gasteiger partial charge in [0.25, 0.3) is 0 Å². The van der Waals surface area contributed by atoms with Crippen molar-refractivity contribution in [3.8, 4) is 0 Å². The summed E-state index contributed by atoms with van der Waals surface area (Å²) in [5.74, 6) is 0. The van der Waals surface area contributed by atoms with Crippen molar-refractivity contribution in [1.29, 1.82) is 0 Å². The van der Waals surface area contributed by atoms with Crippen molar-refractivity contribution in [2.75, 3.05) is 26.7 Å². The van der Waals surface area contributed by atoms with E-state index in [1.807, 2.05) is 0 Å². The topological polar surface area (TPSA) is 6.48 Å². The zero-order valence-electron chi connectivity index (χ0n) is 10.3. The van der Waals surface area contributed by atoms with Gasteiger partial charge < -0.3 is 4.90 Å². The highest BCUT2D eigenvalue weighted by atomic mass is 15.2. The molecule has 2 nitrogen and oxygen atoms in total. The Labute approximate surface area is 89.3 Å². The van der Waals surface area contributed by atoms with Crippen molar-refractivity contribution in [2.24, 2.45) is 0 Å². The fourth-order valence-corrected chi connectivity index (χ4v) is 2.35. The van der Waals surface area contributed by atoms with Gasteiger partial charge in [0.2, 0.25) is 0 Å². The average molecular weight is 198 g/mol. The molecule has 0 aliphatic carbocycles. The van der Waals surface area contributed by atoms with E-state index in [4.69, 9.17) is 0 Å². The number of nitrogens with zero attached hydrogens (tertiary/aromatic N) is 2. The Bertz CT molecular complexity index is 156. The maximum absolute atomic E-state index is 2.58. The third-order valence-electron chi connectivity index (χ3n) is 3.50. The van der Waals surface area contributed by atoms with Gasteiger partial charge in [0.15, 0.2) is 0 Å². The van der Waals surface area contributed by atoms with Gasteiger partial charge >= 0.3 is 0 Å². The molecule has 0 aromatic carbocycles. The number of likely N-dealkylation sites (tertiary alicyclic amines) is 1. The number of likely N-dealkylation sites (N-methyl/N-ethyl adjacent to an activating group) is 2. The van der Waals surface area contributed by atoms with E-state index in [2.05, 4.69) is 37.6 Å². The standard InChI is InChI=1S/C12H26N2/c1-5-14(11(2)3)10-12-8-6-7-9-13(12)4/h11-12H,5-10H2,1-4H3. The van der Waals surface area contributed by atoms with Gasteiger partial charge in [0, 0.05) is 18.6 Å². The third kappa shape index (κ3) is 3.25. The highest BCUT2D eigenvalue weighted by molar-refractivity contribution is 4.78. The Balaban J connectivity index is 2.39. The molecule has 1 atom stereocenters. The molecule has 0 amide bonds. The molecule has 1 unspecified atom stereocenters. The van der Waals surface area contributed by atoms with Crippen LogP contribution in [0.15, 0.2) is 0 Å². The van der Waals surface area contributed by atoms with Crippen LogP contribution < -0.4 is 0 Å². The summed E-state index contributed by atoms with van der Waals surface area (Å²) in [4.78, 5) is 5.11. The second-order valence-corrected chi connectivity index (χ2v) is 4.81. The molecule has 2 heteroatoms. The van der Waals surface area contributed by atoms with Gasteiger partial charge in [-0.05, 0) is 46.8 Å². The van der Waals surface area contributed by atoms with E-state index < -0.39 is 0 Å². The highest BCUT2D eigenvalue weighted by Crippen LogP contribution is 2.16. The fraction of sp³-hybridized carbons (Fsp3) is 1.00. The van der Waals surface area contributed by atoms with E-state index >= 15 is 0 Å². The highest BCUT2D eigenvalue weighted by Gasteiger charge is 2.21. The molecule has 1 aliphatic rings. The SMILES string of the molecule is CCN(CC1CCCCN1C)C(C)C. The van der Waals surface area contributed by atoms with Crippen molar-refractivity contribution in [2.45, 2.75) is 52.1 Å². The molecule has 14 heavy (non-hydrogen) atoms. The molecule has 0 radical (unpaired) electrons. The molecular formula is C12H26N2. The molecule has 0 spiro atoms. The summed E-state index contributed by atoms with van der Waals surface area (Å²) in [6.07, 6.45) is 4.20. The minimum Gasteiger partial charge on any atom is -0.302 e. The summed E-state index contributed by atoms with van der Waals surface area (Å²) in [6, 6.07) is 1.49. The molecule has 1 heterocycles. The van der Waals surface area contributed by atoms with Gasteiger partial charge in [0.05, 0.1) is 0 Å². The first-order valence-corrected chi connectivity index (χ1v) is 6.09. The van der Waals surface area contributed by atoms with Crippen molar-refractivity contribution >= 4 is 0 Å². The number of hydrogen-bond acceptors (Lipinski definition) is 2. The average Bonchev–Trinajstić information content (AvgIpc) is 2.16. The zero-order chi connectivity index (χ0) is 10.6. The lowest BCUT2D eigenvalue weighted by Gasteiger charge is -2.37. The Kier molecular flexibility index (Phi) is 4.90. The monoisotopic (exact) mass is 198 g/mol. The third-order valence-corrected chi connectivity index (χ3v) is 3.50. The number of piperidine rings is 1. The molecule has 0 aromatic heterocycles. The van der Waals surface area contributed by atoms with Gasteiger partial charge in [-0.25, -0.2) is 0 Å². The van der Waals surface area contributed by atoms with E-state index in [1.165, 1.54) is 38.9 Å². The molecule has 1 aliphatic heterocycles. The second kappa shape index (κ2) is 5.72. The lowest BCUT2D eigenvalue weighted by Crippen LogP contribution is -2.46. The molecule has 0 N–H and O–H groups in total. The van der Waals surface area contributed by atoms with Crippen molar-refractivity contribution < 1.29 is 0 Å². The molecular weight excluding hydrogens is 172 g/mol. The van der Waals surface area contributed by atoms with Crippen molar-refractivity contribution in [3.63, 3.8) is 0 Å². The normalized spacial score (nSPS) is 24.9. The first kappa shape index (κ1) is 12.0. The van der Waals surface area contributed by atoms with E-state index in [0.29, 0.717) is 6.04 Å². The Morgan fingerprint density at radius 1 is 1.36 bits per heavy atom. The van der Waals surface area contributed by atoms with Gasteiger partial charge in [-0.3, -0.25) is 4.90 Å². The minimum absolute atomic E-state index is 0.690. The van der Waals surface area contributed by atoms with Crippen LogP contribution in [0.1, 0.15) is 40.0 Å². The van der Waals surface area contributed by atoms with Gasteiger partial charge in [-0.2, -0.15) is 0 Å². The summed E-state index contributed by atoms with van der Waals surface area (Å²) in [5.41, 5.74) is 0. The van der Waals surface area contributed by atoms with Crippen molar-refractivity contribution in [3.05, 3.63) is 0 Å². The number of rotatable bonds is 4. The maximum atomic E-state index is 2.58. The molecule has 1 saturated heterocycles. The van der Waals surface area contributed by atoms with Gasteiger partial charge in [0.1, 0.15) is 0 Å². The quantitative estimate of drug-likeness (QED) is 0.683.